The Kier molecular flexibility index (Phi) is 5.14. The van der Waals surface area contributed by atoms with Gasteiger partial charge in [-0.15, -0.1) is 0 Å². The van der Waals surface area contributed by atoms with E-state index in [1.807, 2.05) is 24.3 Å². The SMILES string of the molecule is COc1ccc(/C=C2/SC(N3CCCC[C@H]3C)=NC2=O)cc1OC. The highest BCUT2D eigenvalue weighted by molar-refractivity contribution is 8.18. The molecule has 1 aromatic rings. The number of aliphatic imine (C=N–C) groups is 1. The van der Waals surface area contributed by atoms with Crippen LogP contribution < -0.4 is 9.47 Å². The van der Waals surface area contributed by atoms with E-state index in [0.717, 1.165) is 30.1 Å². The van der Waals surface area contributed by atoms with Gasteiger partial charge in [0.25, 0.3) is 5.91 Å². The minimum absolute atomic E-state index is 0.164. The van der Waals surface area contributed by atoms with Crippen LogP contribution in [0.4, 0.5) is 0 Å². The van der Waals surface area contributed by atoms with Crippen LogP contribution in [-0.4, -0.2) is 42.8 Å². The molecule has 0 aliphatic carbocycles. The molecule has 0 saturated carbocycles. The van der Waals surface area contributed by atoms with Crippen LogP contribution in [0.3, 0.4) is 0 Å². The molecule has 0 unspecified atom stereocenters. The average molecular weight is 346 g/mol. The van der Waals surface area contributed by atoms with Crippen molar-refractivity contribution in [1.29, 1.82) is 0 Å². The molecule has 6 heteroatoms. The van der Waals surface area contributed by atoms with Crippen molar-refractivity contribution in [1.82, 2.24) is 4.90 Å². The van der Waals surface area contributed by atoms with Gasteiger partial charge in [-0.2, -0.15) is 4.99 Å². The summed E-state index contributed by atoms with van der Waals surface area (Å²) >= 11 is 1.46. The average Bonchev–Trinajstić information content (AvgIpc) is 2.95. The van der Waals surface area contributed by atoms with Gasteiger partial charge in [0, 0.05) is 12.6 Å². The lowest BCUT2D eigenvalue weighted by Gasteiger charge is -2.34. The van der Waals surface area contributed by atoms with Gasteiger partial charge in [-0.25, -0.2) is 0 Å². The molecule has 0 spiro atoms. The lowest BCUT2D eigenvalue weighted by atomic mass is 10.1. The number of hydrogen-bond donors (Lipinski definition) is 0. The number of amidine groups is 1. The van der Waals surface area contributed by atoms with E-state index in [1.165, 1.54) is 18.2 Å². The third-order valence-electron chi connectivity index (χ3n) is 4.36. The van der Waals surface area contributed by atoms with E-state index < -0.39 is 0 Å². The predicted molar refractivity (Wildman–Crippen MR) is 97.6 cm³/mol. The molecule has 0 N–H and O–H groups in total. The van der Waals surface area contributed by atoms with Crippen molar-refractivity contribution in [3.05, 3.63) is 28.7 Å². The third kappa shape index (κ3) is 3.43. The van der Waals surface area contributed by atoms with Crippen molar-refractivity contribution in [3.8, 4) is 11.5 Å². The molecule has 1 atom stereocenters. The second-order valence-corrected chi connectivity index (χ2v) is 6.97. The molecule has 128 valence electrons. The first-order valence-electron chi connectivity index (χ1n) is 8.13. The van der Waals surface area contributed by atoms with Crippen molar-refractivity contribution < 1.29 is 14.3 Å². The third-order valence-corrected chi connectivity index (χ3v) is 5.38. The number of methoxy groups -OCH3 is 2. The van der Waals surface area contributed by atoms with E-state index in [0.29, 0.717) is 22.4 Å². The van der Waals surface area contributed by atoms with Gasteiger partial charge >= 0.3 is 0 Å². The molecule has 1 aromatic carbocycles. The van der Waals surface area contributed by atoms with Gasteiger partial charge in [0.2, 0.25) is 0 Å². The van der Waals surface area contributed by atoms with E-state index in [2.05, 4.69) is 16.8 Å². The normalized spacial score (nSPS) is 22.7. The molecular weight excluding hydrogens is 324 g/mol. The number of rotatable bonds is 3. The van der Waals surface area contributed by atoms with Crippen LogP contribution in [-0.2, 0) is 4.79 Å². The maximum atomic E-state index is 12.3. The number of hydrogen-bond acceptors (Lipinski definition) is 5. The molecule has 2 aliphatic rings. The number of likely N-dealkylation sites (tertiary alicyclic amines) is 1. The van der Waals surface area contributed by atoms with Crippen molar-refractivity contribution in [2.24, 2.45) is 4.99 Å². The molecule has 24 heavy (non-hydrogen) atoms. The highest BCUT2D eigenvalue weighted by atomic mass is 32.2. The van der Waals surface area contributed by atoms with Crippen LogP contribution in [0.2, 0.25) is 0 Å². The van der Waals surface area contributed by atoms with Gasteiger partial charge in [-0.3, -0.25) is 4.79 Å². The Bertz CT molecular complexity index is 700. The van der Waals surface area contributed by atoms with Crippen LogP contribution in [0.5, 0.6) is 11.5 Å². The van der Waals surface area contributed by atoms with Crippen LogP contribution >= 0.6 is 11.8 Å². The summed E-state index contributed by atoms with van der Waals surface area (Å²) in [7, 11) is 3.20. The molecule has 0 radical (unpaired) electrons. The lowest BCUT2D eigenvalue weighted by Crippen LogP contribution is -2.40. The Morgan fingerprint density at radius 1 is 1.25 bits per heavy atom. The summed E-state index contributed by atoms with van der Waals surface area (Å²) in [6.45, 7) is 3.17. The number of carbonyl (C=O) groups excluding carboxylic acids is 1. The van der Waals surface area contributed by atoms with Crippen LogP contribution in [0, 0.1) is 0 Å². The number of carbonyl (C=O) groups is 1. The van der Waals surface area contributed by atoms with Gasteiger partial charge < -0.3 is 14.4 Å². The van der Waals surface area contributed by atoms with Gasteiger partial charge in [-0.1, -0.05) is 6.07 Å². The van der Waals surface area contributed by atoms with E-state index in [4.69, 9.17) is 9.47 Å². The first-order valence-corrected chi connectivity index (χ1v) is 8.95. The number of nitrogens with zero attached hydrogens (tertiary/aromatic N) is 2. The molecule has 1 fully saturated rings. The maximum Gasteiger partial charge on any atom is 0.286 e. The Labute approximate surface area is 146 Å². The molecule has 0 aromatic heterocycles. The first-order chi connectivity index (χ1) is 11.6. The minimum atomic E-state index is -0.164. The standard InChI is InChI=1S/C18H22N2O3S/c1-12-6-4-5-9-20(12)18-19-17(21)16(24-18)11-13-7-8-14(22-2)15(10-13)23-3/h7-8,10-12H,4-6,9H2,1-3H3/b16-11+/t12-/m1/s1. The zero-order chi connectivity index (χ0) is 17.1. The molecule has 2 heterocycles. The number of ether oxygens (including phenoxy) is 2. The fourth-order valence-electron chi connectivity index (χ4n) is 3.00. The van der Waals surface area contributed by atoms with Crippen LogP contribution in [0.25, 0.3) is 6.08 Å². The summed E-state index contributed by atoms with van der Waals surface area (Å²) in [5.74, 6) is 1.15. The molecule has 0 bridgehead atoms. The molecular formula is C18H22N2O3S. The van der Waals surface area contributed by atoms with Crippen molar-refractivity contribution >= 4 is 28.9 Å². The highest BCUT2D eigenvalue weighted by Gasteiger charge is 2.29. The molecule has 3 rings (SSSR count). The van der Waals surface area contributed by atoms with Gasteiger partial charge in [0.1, 0.15) is 0 Å². The van der Waals surface area contributed by atoms with E-state index in [-0.39, 0.29) is 5.91 Å². The number of piperidine rings is 1. The summed E-state index contributed by atoms with van der Waals surface area (Å²) in [6, 6.07) is 6.05. The van der Waals surface area contributed by atoms with E-state index >= 15 is 0 Å². The van der Waals surface area contributed by atoms with E-state index in [9.17, 15) is 4.79 Å². The summed E-state index contributed by atoms with van der Waals surface area (Å²) in [5.41, 5.74) is 0.895. The van der Waals surface area contributed by atoms with Gasteiger partial charge in [-0.05, 0) is 61.7 Å². The second-order valence-electron chi connectivity index (χ2n) is 5.96. The van der Waals surface area contributed by atoms with Crippen LogP contribution in [0.1, 0.15) is 31.7 Å². The Morgan fingerprint density at radius 3 is 2.75 bits per heavy atom. The fraction of sp³-hybridized carbons (Fsp3) is 0.444. The Balaban J connectivity index is 1.79. The zero-order valence-corrected chi connectivity index (χ0v) is 15.1. The lowest BCUT2D eigenvalue weighted by molar-refractivity contribution is -0.113. The van der Waals surface area contributed by atoms with Crippen molar-refractivity contribution in [2.75, 3.05) is 20.8 Å². The second kappa shape index (κ2) is 7.30. The van der Waals surface area contributed by atoms with Crippen LogP contribution in [0.15, 0.2) is 28.1 Å². The number of amides is 1. The Morgan fingerprint density at radius 2 is 2.04 bits per heavy atom. The van der Waals surface area contributed by atoms with Gasteiger partial charge in [0.15, 0.2) is 16.7 Å². The fourth-order valence-corrected chi connectivity index (χ4v) is 4.04. The predicted octanol–water partition coefficient (Wildman–Crippen LogP) is 3.55. The minimum Gasteiger partial charge on any atom is -0.493 e. The topological polar surface area (TPSA) is 51.1 Å². The van der Waals surface area contributed by atoms with Gasteiger partial charge in [0.05, 0.1) is 19.1 Å². The molecule has 2 aliphatic heterocycles. The summed E-state index contributed by atoms with van der Waals surface area (Å²) in [4.78, 5) is 19.4. The largest absolute Gasteiger partial charge is 0.493 e. The smallest absolute Gasteiger partial charge is 0.286 e. The number of benzene rings is 1. The van der Waals surface area contributed by atoms with E-state index in [1.54, 1.807) is 14.2 Å². The van der Waals surface area contributed by atoms with Crippen molar-refractivity contribution in [2.45, 2.75) is 32.2 Å². The summed E-state index contributed by atoms with van der Waals surface area (Å²) < 4.78 is 10.6. The number of thioether (sulfide) groups is 1. The quantitative estimate of drug-likeness (QED) is 0.784. The molecule has 1 saturated heterocycles. The summed E-state index contributed by atoms with van der Waals surface area (Å²) in [5, 5.41) is 0.832. The van der Waals surface area contributed by atoms with Crippen molar-refractivity contribution in [3.63, 3.8) is 0 Å². The maximum absolute atomic E-state index is 12.3. The summed E-state index contributed by atoms with van der Waals surface area (Å²) in [6.07, 6.45) is 5.42. The Hall–Kier alpha value is -1.95. The first kappa shape index (κ1) is 16.9. The molecule has 5 nitrogen and oxygen atoms in total. The monoisotopic (exact) mass is 346 g/mol. The highest BCUT2D eigenvalue weighted by Crippen LogP contribution is 2.34. The zero-order valence-electron chi connectivity index (χ0n) is 14.2. The molecule has 1 amide bonds.